The number of amides is 1. The number of rotatable bonds is 4. The summed E-state index contributed by atoms with van der Waals surface area (Å²) in [6.45, 7) is 1.98. The molecular formula is C18H15ClN2O2S. The molecule has 3 rings (SSSR count). The average Bonchev–Trinajstić information content (AvgIpc) is 3.03. The molecule has 0 aliphatic carbocycles. The van der Waals surface area contributed by atoms with Crippen molar-refractivity contribution in [2.45, 2.75) is 6.92 Å². The molecule has 1 amide bonds. The maximum absolute atomic E-state index is 12.2. The van der Waals surface area contributed by atoms with Crippen LogP contribution in [-0.2, 0) is 0 Å². The predicted octanol–water partition coefficient (Wildman–Crippen LogP) is 5.03. The third-order valence-corrected chi connectivity index (χ3v) is 4.49. The Kier molecular flexibility index (Phi) is 4.83. The van der Waals surface area contributed by atoms with Crippen LogP contribution in [0, 0.1) is 6.92 Å². The van der Waals surface area contributed by atoms with Gasteiger partial charge < -0.3 is 4.74 Å². The van der Waals surface area contributed by atoms with Gasteiger partial charge in [-0.3, -0.25) is 10.1 Å². The van der Waals surface area contributed by atoms with Crippen molar-refractivity contribution in [1.82, 2.24) is 4.98 Å². The molecular weight excluding hydrogens is 344 g/mol. The topological polar surface area (TPSA) is 51.2 Å². The number of methoxy groups -OCH3 is 1. The van der Waals surface area contributed by atoms with Crippen molar-refractivity contribution in [1.29, 1.82) is 0 Å². The zero-order chi connectivity index (χ0) is 17.1. The number of aromatic nitrogens is 1. The van der Waals surface area contributed by atoms with Crippen LogP contribution in [-0.4, -0.2) is 18.0 Å². The summed E-state index contributed by atoms with van der Waals surface area (Å²) in [5.41, 5.74) is 3.33. The molecule has 0 aliphatic heterocycles. The van der Waals surface area contributed by atoms with E-state index in [9.17, 15) is 4.79 Å². The van der Waals surface area contributed by atoms with Crippen LogP contribution in [0.3, 0.4) is 0 Å². The van der Waals surface area contributed by atoms with Gasteiger partial charge in [-0.1, -0.05) is 17.7 Å². The third kappa shape index (κ3) is 3.58. The van der Waals surface area contributed by atoms with Crippen molar-refractivity contribution in [3.05, 3.63) is 64.0 Å². The predicted molar refractivity (Wildman–Crippen MR) is 98.2 cm³/mol. The number of thiazole rings is 1. The second-order valence-corrected chi connectivity index (χ2v) is 6.48. The number of ether oxygens (including phenoxy) is 1. The van der Waals surface area contributed by atoms with Crippen LogP contribution >= 0.6 is 22.9 Å². The highest BCUT2D eigenvalue weighted by Gasteiger charge is 2.11. The first-order chi connectivity index (χ1) is 11.6. The van der Waals surface area contributed by atoms with Crippen molar-refractivity contribution < 1.29 is 9.53 Å². The monoisotopic (exact) mass is 358 g/mol. The number of aryl methyl sites for hydroxylation is 1. The summed E-state index contributed by atoms with van der Waals surface area (Å²) in [5, 5.41) is 5.78. The lowest BCUT2D eigenvalue weighted by atomic mass is 10.1. The fourth-order valence-electron chi connectivity index (χ4n) is 2.30. The molecule has 2 aromatic carbocycles. The van der Waals surface area contributed by atoms with E-state index >= 15 is 0 Å². The summed E-state index contributed by atoms with van der Waals surface area (Å²) in [6.07, 6.45) is 0. The molecule has 0 spiro atoms. The molecule has 0 saturated carbocycles. The molecule has 4 nitrogen and oxygen atoms in total. The molecule has 1 aromatic heterocycles. The average molecular weight is 359 g/mol. The van der Waals surface area contributed by atoms with E-state index < -0.39 is 0 Å². The lowest BCUT2D eigenvalue weighted by Crippen LogP contribution is -2.11. The minimum Gasteiger partial charge on any atom is -0.496 e. The van der Waals surface area contributed by atoms with Gasteiger partial charge in [0.1, 0.15) is 5.75 Å². The molecule has 0 aliphatic rings. The van der Waals surface area contributed by atoms with E-state index in [4.69, 9.17) is 16.3 Å². The first-order valence-corrected chi connectivity index (χ1v) is 8.50. The fourth-order valence-corrected chi connectivity index (χ4v) is 3.21. The van der Waals surface area contributed by atoms with E-state index in [1.807, 2.05) is 30.5 Å². The molecule has 3 aromatic rings. The van der Waals surface area contributed by atoms with E-state index in [0.717, 1.165) is 22.6 Å². The normalized spacial score (nSPS) is 10.5. The number of hydrogen-bond donors (Lipinski definition) is 1. The number of hydrogen-bond acceptors (Lipinski definition) is 4. The van der Waals surface area contributed by atoms with Crippen LogP contribution in [0.1, 0.15) is 15.9 Å². The molecule has 0 unspecified atom stereocenters. The van der Waals surface area contributed by atoms with Gasteiger partial charge in [-0.25, -0.2) is 4.98 Å². The van der Waals surface area contributed by atoms with E-state index in [0.29, 0.717) is 15.7 Å². The number of benzene rings is 2. The van der Waals surface area contributed by atoms with Gasteiger partial charge >= 0.3 is 0 Å². The van der Waals surface area contributed by atoms with Gasteiger partial charge in [0, 0.05) is 21.5 Å². The van der Waals surface area contributed by atoms with Crippen LogP contribution in [0.5, 0.6) is 5.75 Å². The lowest BCUT2D eigenvalue weighted by molar-refractivity contribution is 0.102. The van der Waals surface area contributed by atoms with Crippen molar-refractivity contribution >= 4 is 34.0 Å². The second kappa shape index (κ2) is 7.03. The Labute approximate surface area is 149 Å². The number of anilines is 1. The van der Waals surface area contributed by atoms with Crippen LogP contribution in [0.25, 0.3) is 11.3 Å². The molecule has 122 valence electrons. The molecule has 6 heteroatoms. The summed E-state index contributed by atoms with van der Waals surface area (Å²) in [7, 11) is 1.65. The minimum atomic E-state index is -0.232. The molecule has 24 heavy (non-hydrogen) atoms. The van der Waals surface area contributed by atoms with E-state index in [2.05, 4.69) is 10.3 Å². The standard InChI is InChI=1S/C18H15ClN2O2S/c1-11-8-12(6-7-16(11)23-2)15-10-24-18(20-15)21-17(22)13-4-3-5-14(19)9-13/h3-10H,1-2H3,(H,20,21,22). The highest BCUT2D eigenvalue weighted by Crippen LogP contribution is 2.29. The zero-order valence-corrected chi connectivity index (χ0v) is 14.7. The van der Waals surface area contributed by atoms with Gasteiger partial charge in [-0.15, -0.1) is 11.3 Å². The van der Waals surface area contributed by atoms with Crippen LogP contribution in [0.15, 0.2) is 47.8 Å². The van der Waals surface area contributed by atoms with Crippen LogP contribution < -0.4 is 10.1 Å². The van der Waals surface area contributed by atoms with E-state index in [1.54, 1.807) is 31.4 Å². The fraction of sp³-hybridized carbons (Fsp3) is 0.111. The molecule has 1 heterocycles. The van der Waals surface area contributed by atoms with Gasteiger partial charge in [0.2, 0.25) is 0 Å². The van der Waals surface area contributed by atoms with Crippen molar-refractivity contribution in [2.75, 3.05) is 12.4 Å². The summed E-state index contributed by atoms with van der Waals surface area (Å²) in [4.78, 5) is 16.7. The Morgan fingerprint density at radius 1 is 1.25 bits per heavy atom. The Morgan fingerprint density at radius 3 is 2.79 bits per heavy atom. The summed E-state index contributed by atoms with van der Waals surface area (Å²) in [6, 6.07) is 12.7. The second-order valence-electron chi connectivity index (χ2n) is 5.19. The number of carbonyl (C=O) groups is 1. The Balaban J connectivity index is 1.78. The van der Waals surface area contributed by atoms with Gasteiger partial charge in [-0.2, -0.15) is 0 Å². The molecule has 0 radical (unpaired) electrons. The number of carbonyl (C=O) groups excluding carboxylic acids is 1. The molecule has 0 fully saturated rings. The minimum absolute atomic E-state index is 0.232. The van der Waals surface area contributed by atoms with Gasteiger partial charge in [0.05, 0.1) is 12.8 Å². The van der Waals surface area contributed by atoms with E-state index in [-0.39, 0.29) is 5.91 Å². The van der Waals surface area contributed by atoms with Crippen molar-refractivity contribution in [3.8, 4) is 17.0 Å². The Bertz CT molecular complexity index is 892. The van der Waals surface area contributed by atoms with Crippen LogP contribution in [0.4, 0.5) is 5.13 Å². The largest absolute Gasteiger partial charge is 0.496 e. The zero-order valence-electron chi connectivity index (χ0n) is 13.2. The maximum atomic E-state index is 12.2. The van der Waals surface area contributed by atoms with Crippen LogP contribution in [0.2, 0.25) is 5.02 Å². The first kappa shape index (κ1) is 16.5. The number of nitrogens with zero attached hydrogens (tertiary/aromatic N) is 1. The maximum Gasteiger partial charge on any atom is 0.257 e. The highest BCUT2D eigenvalue weighted by molar-refractivity contribution is 7.14. The van der Waals surface area contributed by atoms with Gasteiger partial charge in [0.25, 0.3) is 5.91 Å². The quantitative estimate of drug-likeness (QED) is 0.711. The molecule has 0 saturated heterocycles. The van der Waals surface area contributed by atoms with Crippen molar-refractivity contribution in [3.63, 3.8) is 0 Å². The molecule has 0 atom stereocenters. The highest BCUT2D eigenvalue weighted by atomic mass is 35.5. The number of nitrogens with one attached hydrogen (secondary N) is 1. The summed E-state index contributed by atoms with van der Waals surface area (Å²) < 4.78 is 5.27. The van der Waals surface area contributed by atoms with E-state index in [1.165, 1.54) is 11.3 Å². The number of halogens is 1. The summed E-state index contributed by atoms with van der Waals surface area (Å²) in [5.74, 6) is 0.604. The first-order valence-electron chi connectivity index (χ1n) is 7.24. The third-order valence-electron chi connectivity index (χ3n) is 3.50. The molecule has 0 bridgehead atoms. The van der Waals surface area contributed by atoms with Crippen molar-refractivity contribution in [2.24, 2.45) is 0 Å². The molecule has 1 N–H and O–H groups in total. The SMILES string of the molecule is COc1ccc(-c2csc(NC(=O)c3cccc(Cl)c3)n2)cc1C. The lowest BCUT2D eigenvalue weighted by Gasteiger charge is -2.05. The van der Waals surface area contributed by atoms with Gasteiger partial charge in [-0.05, 0) is 48.9 Å². The summed E-state index contributed by atoms with van der Waals surface area (Å²) >= 11 is 7.29. The Morgan fingerprint density at radius 2 is 2.08 bits per heavy atom. The smallest absolute Gasteiger partial charge is 0.257 e. The Hall–Kier alpha value is -2.37. The van der Waals surface area contributed by atoms with Gasteiger partial charge in [0.15, 0.2) is 5.13 Å².